The number of aromatic nitrogens is 2. The highest BCUT2D eigenvalue weighted by Gasteiger charge is 2.25. The number of piperazine rings is 2. The van der Waals surface area contributed by atoms with Crippen molar-refractivity contribution in [1.29, 1.82) is 0 Å². The van der Waals surface area contributed by atoms with E-state index in [4.69, 9.17) is 0 Å². The summed E-state index contributed by atoms with van der Waals surface area (Å²) < 4.78 is 0. The van der Waals surface area contributed by atoms with Crippen LogP contribution in [0, 0.1) is 0 Å². The molecule has 9 nitrogen and oxygen atoms in total. The first-order chi connectivity index (χ1) is 12.5. The SMILES string of the molecule is CC(=O)N1CCN(C(=O)c2ccc(N3CCN(C(C)=O)CC3)nn2)CC1. The third-order valence-electron chi connectivity index (χ3n) is 4.93. The van der Waals surface area contributed by atoms with Crippen molar-refractivity contribution in [2.45, 2.75) is 13.8 Å². The molecule has 1 aromatic heterocycles. The van der Waals surface area contributed by atoms with Gasteiger partial charge in [0, 0.05) is 66.2 Å². The van der Waals surface area contributed by atoms with E-state index in [-0.39, 0.29) is 17.7 Å². The van der Waals surface area contributed by atoms with E-state index in [2.05, 4.69) is 15.1 Å². The number of hydrogen-bond donors (Lipinski definition) is 0. The van der Waals surface area contributed by atoms with Gasteiger partial charge in [-0.1, -0.05) is 0 Å². The zero-order valence-corrected chi connectivity index (χ0v) is 15.2. The van der Waals surface area contributed by atoms with Crippen molar-refractivity contribution in [3.8, 4) is 0 Å². The van der Waals surface area contributed by atoms with Gasteiger partial charge in [0.15, 0.2) is 11.5 Å². The molecule has 26 heavy (non-hydrogen) atoms. The number of carbonyl (C=O) groups is 3. The molecule has 0 atom stereocenters. The Morgan fingerprint density at radius 3 is 1.69 bits per heavy atom. The van der Waals surface area contributed by atoms with Crippen LogP contribution in [0.1, 0.15) is 24.3 Å². The van der Waals surface area contributed by atoms with Gasteiger partial charge in [0.2, 0.25) is 11.8 Å². The van der Waals surface area contributed by atoms with Crippen molar-refractivity contribution in [3.63, 3.8) is 0 Å². The lowest BCUT2D eigenvalue weighted by atomic mass is 10.2. The Morgan fingerprint density at radius 1 is 0.731 bits per heavy atom. The second-order valence-corrected chi connectivity index (χ2v) is 6.57. The molecule has 2 fully saturated rings. The van der Waals surface area contributed by atoms with Crippen molar-refractivity contribution >= 4 is 23.5 Å². The van der Waals surface area contributed by atoms with Gasteiger partial charge in [-0.15, -0.1) is 10.2 Å². The van der Waals surface area contributed by atoms with E-state index in [9.17, 15) is 14.4 Å². The highest BCUT2D eigenvalue weighted by molar-refractivity contribution is 5.92. The van der Waals surface area contributed by atoms with Gasteiger partial charge >= 0.3 is 0 Å². The fourth-order valence-electron chi connectivity index (χ4n) is 3.24. The summed E-state index contributed by atoms with van der Waals surface area (Å²) in [6.45, 7) is 7.97. The van der Waals surface area contributed by atoms with E-state index in [1.54, 1.807) is 28.9 Å². The number of rotatable bonds is 2. The van der Waals surface area contributed by atoms with Gasteiger partial charge in [-0.05, 0) is 12.1 Å². The standard InChI is InChI=1S/C17H24N6O3/c1-13(24)20-5-9-22(10-6-20)16-4-3-15(18-19-16)17(26)23-11-7-21(8-12-23)14(2)25/h3-4H,5-12H2,1-2H3. The highest BCUT2D eigenvalue weighted by atomic mass is 16.2. The van der Waals surface area contributed by atoms with Crippen LogP contribution in [0.15, 0.2) is 12.1 Å². The van der Waals surface area contributed by atoms with E-state index in [1.807, 2.05) is 4.90 Å². The zero-order chi connectivity index (χ0) is 18.7. The quantitative estimate of drug-likeness (QED) is 0.703. The Hall–Kier alpha value is -2.71. The summed E-state index contributed by atoms with van der Waals surface area (Å²) in [5, 5.41) is 8.29. The zero-order valence-electron chi connectivity index (χ0n) is 15.2. The Morgan fingerprint density at radius 2 is 1.23 bits per heavy atom. The molecular formula is C17H24N6O3. The normalized spacial score (nSPS) is 18.1. The van der Waals surface area contributed by atoms with Gasteiger partial charge in [0.05, 0.1) is 0 Å². The molecule has 0 radical (unpaired) electrons. The van der Waals surface area contributed by atoms with Crippen LogP contribution in [0.2, 0.25) is 0 Å². The fourth-order valence-corrected chi connectivity index (χ4v) is 3.24. The second-order valence-electron chi connectivity index (χ2n) is 6.57. The van der Waals surface area contributed by atoms with E-state index in [0.29, 0.717) is 63.9 Å². The molecule has 3 heterocycles. The van der Waals surface area contributed by atoms with Crippen LogP contribution in [0.5, 0.6) is 0 Å². The van der Waals surface area contributed by atoms with E-state index >= 15 is 0 Å². The van der Waals surface area contributed by atoms with E-state index in [0.717, 1.165) is 0 Å². The number of anilines is 1. The minimum absolute atomic E-state index is 0.0334. The molecule has 2 saturated heterocycles. The summed E-state index contributed by atoms with van der Waals surface area (Å²) in [4.78, 5) is 42.6. The summed E-state index contributed by atoms with van der Waals surface area (Å²) in [6.07, 6.45) is 0. The number of hydrogen-bond acceptors (Lipinski definition) is 6. The lowest BCUT2D eigenvalue weighted by Gasteiger charge is -2.35. The predicted molar refractivity (Wildman–Crippen MR) is 94.7 cm³/mol. The van der Waals surface area contributed by atoms with Gasteiger partial charge in [0.25, 0.3) is 5.91 Å². The van der Waals surface area contributed by atoms with Crippen molar-refractivity contribution in [2.24, 2.45) is 0 Å². The Labute approximate surface area is 152 Å². The average Bonchev–Trinajstić information content (AvgIpc) is 2.67. The topological polar surface area (TPSA) is 90.0 Å². The maximum absolute atomic E-state index is 12.5. The van der Waals surface area contributed by atoms with Crippen LogP contribution >= 0.6 is 0 Å². The molecule has 0 N–H and O–H groups in total. The van der Waals surface area contributed by atoms with Gasteiger partial charge in [-0.2, -0.15) is 0 Å². The molecule has 0 aromatic carbocycles. The summed E-state index contributed by atoms with van der Waals surface area (Å²) in [5.74, 6) is 0.674. The Kier molecular flexibility index (Phi) is 5.34. The fraction of sp³-hybridized carbons (Fsp3) is 0.588. The minimum Gasteiger partial charge on any atom is -0.352 e. The van der Waals surface area contributed by atoms with Crippen LogP contribution in [0.3, 0.4) is 0 Å². The van der Waals surface area contributed by atoms with Crippen molar-refractivity contribution < 1.29 is 14.4 Å². The van der Waals surface area contributed by atoms with Crippen LogP contribution < -0.4 is 4.90 Å². The summed E-state index contributed by atoms with van der Waals surface area (Å²) in [5.41, 5.74) is 0.312. The molecule has 0 aliphatic carbocycles. The molecule has 0 saturated carbocycles. The summed E-state index contributed by atoms with van der Waals surface area (Å²) in [6, 6.07) is 3.49. The Bertz CT molecular complexity index is 676. The molecule has 0 bridgehead atoms. The first-order valence-corrected chi connectivity index (χ1v) is 8.84. The van der Waals surface area contributed by atoms with E-state index in [1.165, 1.54) is 6.92 Å². The van der Waals surface area contributed by atoms with E-state index < -0.39 is 0 Å². The van der Waals surface area contributed by atoms with Crippen molar-refractivity contribution in [1.82, 2.24) is 24.9 Å². The molecule has 3 amide bonds. The third kappa shape index (κ3) is 3.92. The lowest BCUT2D eigenvalue weighted by Crippen LogP contribution is -2.50. The third-order valence-corrected chi connectivity index (χ3v) is 4.93. The smallest absolute Gasteiger partial charge is 0.274 e. The molecule has 3 rings (SSSR count). The first kappa shape index (κ1) is 18.1. The predicted octanol–water partition coefficient (Wildman–Crippen LogP) is -0.551. The highest BCUT2D eigenvalue weighted by Crippen LogP contribution is 2.14. The average molecular weight is 360 g/mol. The lowest BCUT2D eigenvalue weighted by molar-refractivity contribution is -0.130. The Balaban J connectivity index is 1.57. The van der Waals surface area contributed by atoms with Gasteiger partial charge in [-0.25, -0.2) is 0 Å². The molecule has 9 heteroatoms. The molecule has 1 aromatic rings. The summed E-state index contributed by atoms with van der Waals surface area (Å²) >= 11 is 0. The van der Waals surface area contributed by atoms with Crippen LogP contribution in [-0.2, 0) is 9.59 Å². The summed E-state index contributed by atoms with van der Waals surface area (Å²) in [7, 11) is 0. The van der Waals surface area contributed by atoms with Gasteiger partial charge in [0.1, 0.15) is 0 Å². The molecule has 0 unspecified atom stereocenters. The largest absolute Gasteiger partial charge is 0.352 e. The molecule has 0 spiro atoms. The molecule has 2 aliphatic rings. The van der Waals surface area contributed by atoms with Gasteiger partial charge < -0.3 is 19.6 Å². The number of nitrogens with zero attached hydrogens (tertiary/aromatic N) is 6. The molecule has 2 aliphatic heterocycles. The minimum atomic E-state index is -0.159. The van der Waals surface area contributed by atoms with Crippen LogP contribution in [0.25, 0.3) is 0 Å². The van der Waals surface area contributed by atoms with Crippen molar-refractivity contribution in [3.05, 3.63) is 17.8 Å². The number of carbonyl (C=O) groups excluding carboxylic acids is 3. The van der Waals surface area contributed by atoms with Crippen molar-refractivity contribution in [2.75, 3.05) is 57.3 Å². The van der Waals surface area contributed by atoms with Gasteiger partial charge in [-0.3, -0.25) is 14.4 Å². The maximum atomic E-state index is 12.5. The van der Waals surface area contributed by atoms with Crippen LogP contribution in [-0.4, -0.2) is 95.0 Å². The maximum Gasteiger partial charge on any atom is 0.274 e. The monoisotopic (exact) mass is 360 g/mol. The van der Waals surface area contributed by atoms with Crippen LogP contribution in [0.4, 0.5) is 5.82 Å². The first-order valence-electron chi connectivity index (χ1n) is 8.84. The number of amides is 3. The molecular weight excluding hydrogens is 336 g/mol. The second kappa shape index (κ2) is 7.67. The molecule has 140 valence electrons.